The molecule has 0 aliphatic carbocycles. The van der Waals surface area contributed by atoms with Gasteiger partial charge in [-0.2, -0.15) is 0 Å². The van der Waals surface area contributed by atoms with Gasteiger partial charge in [0.1, 0.15) is 5.82 Å². The Morgan fingerprint density at radius 1 is 1.44 bits per heavy atom. The molecule has 0 amide bonds. The molecule has 0 saturated carbocycles. The second kappa shape index (κ2) is 5.27. The fourth-order valence-electron chi connectivity index (χ4n) is 1.55. The van der Waals surface area contributed by atoms with Gasteiger partial charge in [-0.05, 0) is 38.5 Å². The molecule has 0 fully saturated rings. The minimum atomic E-state index is -0.757. The largest absolute Gasteiger partial charge is 0.392 e. The first kappa shape index (κ1) is 12.9. The van der Waals surface area contributed by atoms with Crippen molar-refractivity contribution in [2.45, 2.75) is 33.0 Å². The summed E-state index contributed by atoms with van der Waals surface area (Å²) in [6, 6.07) is 3.62. The van der Waals surface area contributed by atoms with Gasteiger partial charge in [-0.25, -0.2) is 4.98 Å². The summed E-state index contributed by atoms with van der Waals surface area (Å²) in [7, 11) is 0. The van der Waals surface area contributed by atoms with Gasteiger partial charge in [0.2, 0.25) is 0 Å². The molecule has 90 valence electrons. The molecule has 4 nitrogen and oxygen atoms in total. The van der Waals surface area contributed by atoms with Crippen LogP contribution in [0.15, 0.2) is 18.3 Å². The maximum atomic E-state index is 9.79. The van der Waals surface area contributed by atoms with E-state index in [1.54, 1.807) is 26.1 Å². The van der Waals surface area contributed by atoms with Crippen molar-refractivity contribution < 1.29 is 10.2 Å². The number of pyridine rings is 1. The van der Waals surface area contributed by atoms with Crippen LogP contribution >= 0.6 is 0 Å². The van der Waals surface area contributed by atoms with Gasteiger partial charge in [-0.3, -0.25) is 0 Å². The number of aliphatic hydroxyl groups is 2. The van der Waals surface area contributed by atoms with Crippen molar-refractivity contribution in [3.05, 3.63) is 23.9 Å². The number of anilines is 1. The summed E-state index contributed by atoms with van der Waals surface area (Å²) in [5.41, 5.74) is 0.0756. The third-order valence-electron chi connectivity index (χ3n) is 2.28. The van der Waals surface area contributed by atoms with Crippen LogP contribution in [-0.4, -0.2) is 33.9 Å². The molecule has 1 aromatic heterocycles. The Kier molecular flexibility index (Phi) is 4.26. The summed E-state index contributed by atoms with van der Waals surface area (Å²) in [4.78, 5) is 6.23. The van der Waals surface area contributed by atoms with Crippen LogP contribution in [0.5, 0.6) is 0 Å². The number of aromatic nitrogens is 1. The number of nitrogens with zero attached hydrogens (tertiary/aromatic N) is 2. The van der Waals surface area contributed by atoms with Gasteiger partial charge in [0.25, 0.3) is 0 Å². The van der Waals surface area contributed by atoms with Crippen molar-refractivity contribution >= 4 is 5.82 Å². The summed E-state index contributed by atoms with van der Waals surface area (Å²) < 4.78 is 0. The summed E-state index contributed by atoms with van der Waals surface area (Å²) in [6.45, 7) is 6.85. The van der Waals surface area contributed by atoms with Crippen LogP contribution in [0.2, 0.25) is 0 Å². The topological polar surface area (TPSA) is 56.6 Å². The second-order valence-electron chi connectivity index (χ2n) is 4.51. The molecule has 0 spiro atoms. The molecule has 0 aliphatic heterocycles. The van der Waals surface area contributed by atoms with Crippen molar-refractivity contribution in [1.29, 1.82) is 0 Å². The first-order valence-electron chi connectivity index (χ1n) is 5.49. The van der Waals surface area contributed by atoms with E-state index in [1.165, 1.54) is 0 Å². The predicted molar refractivity (Wildman–Crippen MR) is 64.3 cm³/mol. The standard InChI is InChI=1S/C12H20N2O2/c1-4-14(9-12(2,3)16)11-7-10(8-15)5-6-13-11/h5-7,15-16H,4,8-9H2,1-3H3. The zero-order valence-electron chi connectivity index (χ0n) is 10.1. The number of hydrogen-bond acceptors (Lipinski definition) is 4. The third-order valence-corrected chi connectivity index (χ3v) is 2.28. The number of likely N-dealkylation sites (N-methyl/N-ethyl adjacent to an activating group) is 1. The second-order valence-corrected chi connectivity index (χ2v) is 4.51. The Bertz CT molecular complexity index is 334. The van der Waals surface area contributed by atoms with Crippen molar-refractivity contribution in [3.63, 3.8) is 0 Å². The lowest BCUT2D eigenvalue weighted by atomic mass is 10.1. The van der Waals surface area contributed by atoms with Gasteiger partial charge in [0.15, 0.2) is 0 Å². The lowest BCUT2D eigenvalue weighted by Crippen LogP contribution is -2.39. The quantitative estimate of drug-likeness (QED) is 0.788. The Hall–Kier alpha value is -1.13. The lowest BCUT2D eigenvalue weighted by Gasteiger charge is -2.29. The van der Waals surface area contributed by atoms with E-state index >= 15 is 0 Å². The fourth-order valence-corrected chi connectivity index (χ4v) is 1.55. The fraction of sp³-hybridized carbons (Fsp3) is 0.583. The Morgan fingerprint density at radius 2 is 2.12 bits per heavy atom. The maximum Gasteiger partial charge on any atom is 0.128 e. The van der Waals surface area contributed by atoms with E-state index in [-0.39, 0.29) is 6.61 Å². The van der Waals surface area contributed by atoms with Crippen LogP contribution in [0, 0.1) is 0 Å². The van der Waals surface area contributed by atoms with Gasteiger partial charge >= 0.3 is 0 Å². The zero-order valence-corrected chi connectivity index (χ0v) is 10.1. The average Bonchev–Trinajstić information content (AvgIpc) is 2.25. The molecular formula is C12H20N2O2. The van der Waals surface area contributed by atoms with Gasteiger partial charge in [0.05, 0.1) is 12.2 Å². The molecule has 0 aromatic carbocycles. The summed E-state index contributed by atoms with van der Waals surface area (Å²) in [5.74, 6) is 0.788. The van der Waals surface area contributed by atoms with E-state index in [9.17, 15) is 5.11 Å². The minimum absolute atomic E-state index is 0.00952. The number of hydrogen-bond donors (Lipinski definition) is 2. The third kappa shape index (κ3) is 3.79. The smallest absolute Gasteiger partial charge is 0.128 e. The van der Waals surface area contributed by atoms with E-state index in [0.29, 0.717) is 6.54 Å². The number of rotatable bonds is 5. The molecule has 0 bridgehead atoms. The highest BCUT2D eigenvalue weighted by atomic mass is 16.3. The molecular weight excluding hydrogens is 204 g/mol. The van der Waals surface area contributed by atoms with Crippen LogP contribution in [0.25, 0.3) is 0 Å². The predicted octanol–water partition coefficient (Wildman–Crippen LogP) is 1.17. The van der Waals surface area contributed by atoms with Crippen molar-refractivity contribution in [1.82, 2.24) is 4.98 Å². The highest BCUT2D eigenvalue weighted by Crippen LogP contribution is 2.15. The van der Waals surface area contributed by atoms with E-state index in [4.69, 9.17) is 5.11 Å². The first-order chi connectivity index (χ1) is 7.46. The zero-order chi connectivity index (χ0) is 12.2. The van der Waals surface area contributed by atoms with Crippen molar-refractivity contribution in [2.24, 2.45) is 0 Å². The molecule has 2 N–H and O–H groups in total. The SMILES string of the molecule is CCN(CC(C)(C)O)c1cc(CO)ccn1. The molecule has 0 radical (unpaired) electrons. The highest BCUT2D eigenvalue weighted by molar-refractivity contribution is 5.41. The van der Waals surface area contributed by atoms with E-state index < -0.39 is 5.60 Å². The van der Waals surface area contributed by atoms with Gasteiger partial charge in [-0.15, -0.1) is 0 Å². The molecule has 0 unspecified atom stereocenters. The molecule has 0 aliphatic rings. The maximum absolute atomic E-state index is 9.79. The normalized spacial score (nSPS) is 11.6. The summed E-state index contributed by atoms with van der Waals surface area (Å²) in [6.07, 6.45) is 1.67. The average molecular weight is 224 g/mol. The van der Waals surface area contributed by atoms with E-state index in [0.717, 1.165) is 17.9 Å². The molecule has 1 aromatic rings. The molecule has 16 heavy (non-hydrogen) atoms. The first-order valence-corrected chi connectivity index (χ1v) is 5.49. The summed E-state index contributed by atoms with van der Waals surface area (Å²) >= 11 is 0. The van der Waals surface area contributed by atoms with Crippen molar-refractivity contribution in [2.75, 3.05) is 18.0 Å². The highest BCUT2D eigenvalue weighted by Gasteiger charge is 2.18. The van der Waals surface area contributed by atoms with Crippen molar-refractivity contribution in [3.8, 4) is 0 Å². The minimum Gasteiger partial charge on any atom is -0.392 e. The monoisotopic (exact) mass is 224 g/mol. The molecule has 4 heteroatoms. The van der Waals surface area contributed by atoms with Crippen LogP contribution < -0.4 is 4.90 Å². The van der Waals surface area contributed by atoms with Gasteiger partial charge in [0, 0.05) is 19.3 Å². The van der Waals surface area contributed by atoms with Crippen LogP contribution in [0.3, 0.4) is 0 Å². The van der Waals surface area contributed by atoms with Crippen LogP contribution in [-0.2, 0) is 6.61 Å². The Balaban J connectivity index is 2.86. The Labute approximate surface area is 96.6 Å². The molecule has 1 rings (SSSR count). The van der Waals surface area contributed by atoms with Crippen LogP contribution in [0.4, 0.5) is 5.82 Å². The van der Waals surface area contributed by atoms with E-state index in [2.05, 4.69) is 4.98 Å². The van der Waals surface area contributed by atoms with Gasteiger partial charge in [-0.1, -0.05) is 0 Å². The molecule has 0 saturated heterocycles. The van der Waals surface area contributed by atoms with Gasteiger partial charge < -0.3 is 15.1 Å². The number of aliphatic hydroxyl groups excluding tert-OH is 1. The lowest BCUT2D eigenvalue weighted by molar-refractivity contribution is 0.0874. The summed E-state index contributed by atoms with van der Waals surface area (Å²) in [5, 5.41) is 18.8. The van der Waals surface area contributed by atoms with Crippen LogP contribution in [0.1, 0.15) is 26.3 Å². The Morgan fingerprint density at radius 3 is 2.62 bits per heavy atom. The molecule has 1 heterocycles. The van der Waals surface area contributed by atoms with E-state index in [1.807, 2.05) is 17.9 Å². The molecule has 0 atom stereocenters.